The highest BCUT2D eigenvalue weighted by Crippen LogP contribution is 2.40. The van der Waals surface area contributed by atoms with Gasteiger partial charge in [-0.1, -0.05) is 0 Å². The Balaban J connectivity index is 1.94. The first-order chi connectivity index (χ1) is 6.72. The van der Waals surface area contributed by atoms with Crippen molar-refractivity contribution in [3.05, 3.63) is 0 Å². The van der Waals surface area contributed by atoms with Crippen LogP contribution in [0.5, 0.6) is 0 Å². The normalized spacial score (nSPS) is 60.6. The first-order valence-corrected chi connectivity index (χ1v) is 4.57. The van der Waals surface area contributed by atoms with Crippen LogP contribution in [0.25, 0.3) is 0 Å². The van der Waals surface area contributed by atoms with Crippen LogP contribution in [0.4, 0.5) is 0 Å². The number of methoxy groups -OCH3 is 1. The van der Waals surface area contributed by atoms with Gasteiger partial charge < -0.3 is 29.2 Å². The summed E-state index contributed by atoms with van der Waals surface area (Å²) in [5, 5.41) is 19.5. The molecule has 14 heavy (non-hydrogen) atoms. The molecule has 80 valence electrons. The van der Waals surface area contributed by atoms with Gasteiger partial charge in [0.15, 0.2) is 0 Å². The molecule has 0 amide bonds. The summed E-state index contributed by atoms with van der Waals surface area (Å²) in [6.07, 6.45) is -3.70. The molecule has 6 heteroatoms. The Morgan fingerprint density at radius 3 is 1.93 bits per heavy atom. The predicted molar refractivity (Wildman–Crippen MR) is 41.2 cm³/mol. The third-order valence-electron chi connectivity index (χ3n) is 3.07. The SMILES string of the molecule is COC1[C@H]2OC3OC([C@H]2O)[C@@H](O)[C@H]1O3. The predicted octanol–water partition coefficient (Wildman–Crippen LogP) is -1.80. The standard InChI is InChI=1S/C8H12O6/c1-11-7-5-2(9)4-3(10)6(7)14-8(12-4)13-5/h2-10H,1H3/t2-,3-,4?,5-,6+,7?,8?/m1/s1. The molecule has 4 fully saturated rings. The fourth-order valence-corrected chi connectivity index (χ4v) is 2.38. The summed E-state index contributed by atoms with van der Waals surface area (Å²) in [5.41, 5.74) is 0. The van der Waals surface area contributed by atoms with E-state index in [9.17, 15) is 10.2 Å². The van der Waals surface area contributed by atoms with Crippen molar-refractivity contribution < 1.29 is 29.2 Å². The first kappa shape index (κ1) is 9.02. The minimum atomic E-state index is -0.855. The Hall–Kier alpha value is -0.240. The monoisotopic (exact) mass is 204 g/mol. The third kappa shape index (κ3) is 0.955. The van der Waals surface area contributed by atoms with Crippen molar-refractivity contribution in [2.24, 2.45) is 0 Å². The smallest absolute Gasteiger partial charge is 0.272 e. The van der Waals surface area contributed by atoms with E-state index in [0.29, 0.717) is 0 Å². The van der Waals surface area contributed by atoms with Crippen LogP contribution in [-0.2, 0) is 18.9 Å². The van der Waals surface area contributed by atoms with Crippen molar-refractivity contribution in [1.82, 2.24) is 0 Å². The fraction of sp³-hybridized carbons (Fsp3) is 1.00. The van der Waals surface area contributed by atoms with Gasteiger partial charge in [-0.15, -0.1) is 0 Å². The van der Waals surface area contributed by atoms with E-state index in [0.717, 1.165) is 0 Å². The van der Waals surface area contributed by atoms with Crippen molar-refractivity contribution >= 4 is 0 Å². The van der Waals surface area contributed by atoms with E-state index in [1.165, 1.54) is 7.11 Å². The minimum absolute atomic E-state index is 0.434. The zero-order valence-corrected chi connectivity index (χ0v) is 7.57. The van der Waals surface area contributed by atoms with Gasteiger partial charge in [-0.3, -0.25) is 0 Å². The average molecular weight is 204 g/mol. The molecule has 0 radical (unpaired) electrons. The van der Waals surface area contributed by atoms with Crippen LogP contribution in [0.2, 0.25) is 0 Å². The number of hydrogen-bond donors (Lipinski definition) is 2. The molecule has 4 aliphatic rings. The van der Waals surface area contributed by atoms with Crippen LogP contribution in [0.3, 0.4) is 0 Å². The van der Waals surface area contributed by atoms with Crippen LogP contribution >= 0.6 is 0 Å². The van der Waals surface area contributed by atoms with Gasteiger partial charge in [0.25, 0.3) is 6.48 Å². The summed E-state index contributed by atoms with van der Waals surface area (Å²) < 4.78 is 20.8. The van der Waals surface area contributed by atoms with E-state index >= 15 is 0 Å². The minimum Gasteiger partial charge on any atom is -0.387 e. The molecule has 1 aliphatic carbocycles. The highest BCUT2D eigenvalue weighted by Gasteiger charge is 2.61. The Morgan fingerprint density at radius 2 is 1.43 bits per heavy atom. The molecule has 3 unspecified atom stereocenters. The van der Waals surface area contributed by atoms with Crippen LogP contribution in [0, 0.1) is 0 Å². The molecule has 0 spiro atoms. The summed E-state index contributed by atoms with van der Waals surface area (Å²) in [6, 6.07) is 0. The molecule has 2 N–H and O–H groups in total. The van der Waals surface area contributed by atoms with Gasteiger partial charge in [0.1, 0.15) is 36.6 Å². The molecular weight excluding hydrogens is 192 g/mol. The Bertz CT molecular complexity index is 226. The molecular formula is C8H12O6. The maximum Gasteiger partial charge on any atom is 0.272 e. The number of hydrogen-bond acceptors (Lipinski definition) is 6. The van der Waals surface area contributed by atoms with Crippen molar-refractivity contribution in [1.29, 1.82) is 0 Å². The third-order valence-corrected chi connectivity index (χ3v) is 3.07. The Morgan fingerprint density at radius 1 is 0.929 bits per heavy atom. The van der Waals surface area contributed by atoms with Crippen LogP contribution in [0.1, 0.15) is 0 Å². The lowest BCUT2D eigenvalue weighted by atomic mass is 9.82. The summed E-state index contributed by atoms with van der Waals surface area (Å²) in [7, 11) is 1.50. The molecule has 6 nitrogen and oxygen atoms in total. The van der Waals surface area contributed by atoms with Gasteiger partial charge in [-0.05, 0) is 0 Å². The number of ether oxygens (including phenoxy) is 4. The van der Waals surface area contributed by atoms with Crippen molar-refractivity contribution in [3.63, 3.8) is 0 Å². The maximum absolute atomic E-state index is 9.75. The summed E-state index contributed by atoms with van der Waals surface area (Å²) in [6.45, 7) is -0.770. The molecule has 0 aromatic heterocycles. The molecule has 3 heterocycles. The van der Waals surface area contributed by atoms with E-state index in [2.05, 4.69) is 0 Å². The molecule has 0 aromatic rings. The van der Waals surface area contributed by atoms with E-state index in [-0.39, 0.29) is 0 Å². The second-order valence-corrected chi connectivity index (χ2v) is 3.77. The molecule has 4 bridgehead atoms. The average Bonchev–Trinajstić information content (AvgIpc) is 2.20. The zero-order chi connectivity index (χ0) is 9.87. The topological polar surface area (TPSA) is 77.4 Å². The van der Waals surface area contributed by atoms with Crippen LogP contribution in [0.15, 0.2) is 0 Å². The number of rotatable bonds is 1. The highest BCUT2D eigenvalue weighted by atomic mass is 16.9. The molecule has 0 aromatic carbocycles. The van der Waals surface area contributed by atoms with E-state index in [1.54, 1.807) is 0 Å². The maximum atomic E-state index is 9.75. The molecule has 3 saturated heterocycles. The second kappa shape index (κ2) is 2.88. The van der Waals surface area contributed by atoms with Gasteiger partial charge in [0.05, 0.1) is 0 Å². The quantitative estimate of drug-likeness (QED) is 0.525. The second-order valence-electron chi connectivity index (χ2n) is 3.77. The lowest BCUT2D eigenvalue weighted by Crippen LogP contribution is -2.75. The number of aliphatic hydroxyl groups excluding tert-OH is 2. The lowest BCUT2D eigenvalue weighted by molar-refractivity contribution is -0.482. The molecule has 3 aliphatic heterocycles. The van der Waals surface area contributed by atoms with Gasteiger partial charge in [-0.25, -0.2) is 0 Å². The largest absolute Gasteiger partial charge is 0.387 e. The van der Waals surface area contributed by atoms with Crippen molar-refractivity contribution in [2.45, 2.75) is 43.1 Å². The van der Waals surface area contributed by atoms with Crippen LogP contribution in [-0.4, -0.2) is 60.4 Å². The van der Waals surface area contributed by atoms with E-state index < -0.39 is 43.1 Å². The van der Waals surface area contributed by atoms with Gasteiger partial charge in [0, 0.05) is 7.11 Å². The molecule has 1 saturated carbocycles. The summed E-state index contributed by atoms with van der Waals surface area (Å²) >= 11 is 0. The zero-order valence-electron chi connectivity index (χ0n) is 7.57. The molecule has 4 rings (SSSR count). The number of aliphatic hydroxyl groups is 2. The highest BCUT2D eigenvalue weighted by molar-refractivity contribution is 5.05. The Labute approximate surface area is 80.3 Å². The lowest BCUT2D eigenvalue weighted by Gasteiger charge is -2.56. The molecule has 7 atom stereocenters. The van der Waals surface area contributed by atoms with Gasteiger partial charge in [-0.2, -0.15) is 0 Å². The summed E-state index contributed by atoms with van der Waals surface area (Å²) in [4.78, 5) is 0. The first-order valence-electron chi connectivity index (χ1n) is 4.57. The summed E-state index contributed by atoms with van der Waals surface area (Å²) in [5.74, 6) is 0. The van der Waals surface area contributed by atoms with Crippen molar-refractivity contribution in [3.8, 4) is 0 Å². The fourth-order valence-electron chi connectivity index (χ4n) is 2.38. The Kier molecular flexibility index (Phi) is 1.85. The van der Waals surface area contributed by atoms with E-state index in [1.807, 2.05) is 0 Å². The van der Waals surface area contributed by atoms with Crippen molar-refractivity contribution in [2.75, 3.05) is 7.11 Å². The van der Waals surface area contributed by atoms with Crippen LogP contribution < -0.4 is 0 Å². The van der Waals surface area contributed by atoms with Gasteiger partial charge >= 0.3 is 0 Å². The van der Waals surface area contributed by atoms with E-state index in [4.69, 9.17) is 18.9 Å². The van der Waals surface area contributed by atoms with Gasteiger partial charge in [0.2, 0.25) is 0 Å².